The first-order valence-corrected chi connectivity index (χ1v) is 11.1. The minimum atomic E-state index is -0.0461. The quantitative estimate of drug-likeness (QED) is 0.599. The van der Waals surface area contributed by atoms with E-state index in [1.54, 1.807) is 29.2 Å². The Morgan fingerprint density at radius 2 is 1.72 bits per heavy atom. The van der Waals surface area contributed by atoms with Crippen molar-refractivity contribution >= 4 is 23.5 Å². The second-order valence-corrected chi connectivity index (χ2v) is 8.19. The Labute approximate surface area is 191 Å². The van der Waals surface area contributed by atoms with Gasteiger partial charge in [0, 0.05) is 36.6 Å². The van der Waals surface area contributed by atoms with Gasteiger partial charge in [-0.1, -0.05) is 29.8 Å². The fraction of sp³-hybridized carbons (Fsp3) is 0.292. The highest BCUT2D eigenvalue weighted by atomic mass is 35.5. The van der Waals surface area contributed by atoms with E-state index >= 15 is 0 Å². The zero-order chi connectivity index (χ0) is 21.9. The molecule has 5 rings (SSSR count). The van der Waals surface area contributed by atoms with Gasteiger partial charge in [0.2, 0.25) is 11.8 Å². The predicted molar refractivity (Wildman–Crippen MR) is 121 cm³/mol. The van der Waals surface area contributed by atoms with Crippen LogP contribution >= 0.6 is 11.6 Å². The second kappa shape index (κ2) is 9.14. The lowest BCUT2D eigenvalue weighted by molar-refractivity contribution is 0.0731. The van der Waals surface area contributed by atoms with Gasteiger partial charge in [-0.15, -0.1) is 0 Å². The molecule has 3 heterocycles. The molecule has 2 aliphatic rings. The largest absolute Gasteiger partial charge is 0.438 e. The van der Waals surface area contributed by atoms with Gasteiger partial charge < -0.3 is 19.3 Å². The second-order valence-electron chi connectivity index (χ2n) is 7.75. The van der Waals surface area contributed by atoms with Crippen LogP contribution in [0.4, 0.5) is 5.95 Å². The fourth-order valence-electron chi connectivity index (χ4n) is 3.91. The number of aromatic nitrogens is 2. The summed E-state index contributed by atoms with van der Waals surface area (Å²) in [5.41, 5.74) is 2.38. The summed E-state index contributed by atoms with van der Waals surface area (Å²) in [5, 5.41) is 0.605. The van der Waals surface area contributed by atoms with Crippen LogP contribution in [-0.4, -0.2) is 53.6 Å². The predicted octanol–water partition coefficient (Wildman–Crippen LogP) is 3.96. The van der Waals surface area contributed by atoms with Crippen molar-refractivity contribution in [3.8, 4) is 11.6 Å². The maximum Gasteiger partial charge on any atom is 0.254 e. The fourth-order valence-corrected chi connectivity index (χ4v) is 4.04. The Balaban J connectivity index is 1.47. The number of amides is 1. The molecule has 7 nitrogen and oxygen atoms in total. The molecule has 164 valence electrons. The molecule has 0 saturated carbocycles. The zero-order valence-corrected chi connectivity index (χ0v) is 18.3. The van der Waals surface area contributed by atoms with Crippen LogP contribution in [0.2, 0.25) is 5.02 Å². The first-order chi connectivity index (χ1) is 15.7. The van der Waals surface area contributed by atoms with E-state index in [2.05, 4.69) is 4.90 Å². The Kier molecular flexibility index (Phi) is 5.92. The molecule has 0 radical (unpaired) electrons. The number of benzene rings is 2. The highest BCUT2D eigenvalue weighted by molar-refractivity contribution is 6.30. The summed E-state index contributed by atoms with van der Waals surface area (Å²) >= 11 is 5.98. The Bertz CT molecular complexity index is 1100. The molecule has 0 aliphatic carbocycles. The average molecular weight is 451 g/mol. The normalized spacial score (nSPS) is 15.9. The summed E-state index contributed by atoms with van der Waals surface area (Å²) in [5.74, 6) is 1.80. The van der Waals surface area contributed by atoms with Gasteiger partial charge in [-0.05, 0) is 36.4 Å². The molecule has 0 atom stereocenters. The van der Waals surface area contributed by atoms with Crippen molar-refractivity contribution in [3.05, 3.63) is 76.4 Å². The monoisotopic (exact) mass is 450 g/mol. The third kappa shape index (κ3) is 4.40. The third-order valence-corrected chi connectivity index (χ3v) is 5.89. The molecule has 0 unspecified atom stereocenters. The van der Waals surface area contributed by atoms with Crippen molar-refractivity contribution in [2.24, 2.45) is 0 Å². The van der Waals surface area contributed by atoms with Crippen LogP contribution in [0.3, 0.4) is 0 Å². The maximum atomic E-state index is 13.1. The number of nitrogens with zero attached hydrogens (tertiary/aromatic N) is 4. The SMILES string of the molecule is O=C(c1ccc(Cl)cc1)N1CCc2nc(N3CCOCC3)nc(Oc3ccccc3)c2C1. The summed E-state index contributed by atoms with van der Waals surface area (Å²) < 4.78 is 11.7. The van der Waals surface area contributed by atoms with E-state index in [0.29, 0.717) is 60.9 Å². The molecule has 3 aromatic rings. The first-order valence-electron chi connectivity index (χ1n) is 10.7. The number of rotatable bonds is 4. The van der Waals surface area contributed by atoms with E-state index in [4.69, 9.17) is 31.0 Å². The number of ether oxygens (including phenoxy) is 2. The number of fused-ring (bicyclic) bond motifs is 1. The number of anilines is 1. The first kappa shape index (κ1) is 20.7. The van der Waals surface area contributed by atoms with Gasteiger partial charge in [0.1, 0.15) is 5.75 Å². The lowest BCUT2D eigenvalue weighted by Gasteiger charge is -2.32. The molecule has 2 aromatic carbocycles. The number of carbonyl (C=O) groups is 1. The number of morpholine rings is 1. The topological polar surface area (TPSA) is 67.8 Å². The summed E-state index contributed by atoms with van der Waals surface area (Å²) in [4.78, 5) is 26.6. The highest BCUT2D eigenvalue weighted by Crippen LogP contribution is 2.32. The van der Waals surface area contributed by atoms with Gasteiger partial charge in [-0.3, -0.25) is 4.79 Å². The van der Waals surface area contributed by atoms with Crippen LogP contribution in [0.5, 0.6) is 11.6 Å². The zero-order valence-electron chi connectivity index (χ0n) is 17.5. The van der Waals surface area contributed by atoms with Crippen molar-refractivity contribution in [2.45, 2.75) is 13.0 Å². The van der Waals surface area contributed by atoms with Crippen molar-refractivity contribution in [1.82, 2.24) is 14.9 Å². The van der Waals surface area contributed by atoms with Gasteiger partial charge in [0.15, 0.2) is 0 Å². The highest BCUT2D eigenvalue weighted by Gasteiger charge is 2.28. The van der Waals surface area contributed by atoms with Gasteiger partial charge in [-0.2, -0.15) is 4.98 Å². The van der Waals surface area contributed by atoms with E-state index in [9.17, 15) is 4.79 Å². The molecule has 2 aliphatic heterocycles. The molecule has 0 N–H and O–H groups in total. The number of hydrogen-bond acceptors (Lipinski definition) is 6. The Morgan fingerprint density at radius 3 is 2.47 bits per heavy atom. The Hall–Kier alpha value is -3.16. The van der Waals surface area contributed by atoms with Gasteiger partial charge >= 0.3 is 0 Å². The average Bonchev–Trinajstić information content (AvgIpc) is 2.85. The van der Waals surface area contributed by atoms with Crippen LogP contribution in [0.25, 0.3) is 0 Å². The van der Waals surface area contributed by atoms with Crippen molar-refractivity contribution < 1.29 is 14.3 Å². The minimum Gasteiger partial charge on any atom is -0.438 e. The molecule has 1 fully saturated rings. The number of halogens is 1. The molecular formula is C24H23ClN4O3. The molecule has 0 spiro atoms. The van der Waals surface area contributed by atoms with E-state index in [1.165, 1.54) is 0 Å². The molecular weight excluding hydrogens is 428 g/mol. The summed E-state index contributed by atoms with van der Waals surface area (Å²) in [6.45, 7) is 3.76. The van der Waals surface area contributed by atoms with E-state index in [-0.39, 0.29) is 5.91 Å². The van der Waals surface area contributed by atoms with Gasteiger partial charge in [0.05, 0.1) is 31.0 Å². The van der Waals surface area contributed by atoms with E-state index in [0.717, 1.165) is 24.3 Å². The van der Waals surface area contributed by atoms with Crippen molar-refractivity contribution in [3.63, 3.8) is 0 Å². The van der Waals surface area contributed by atoms with Crippen LogP contribution in [0, 0.1) is 0 Å². The summed E-state index contributed by atoms with van der Waals surface area (Å²) in [6.07, 6.45) is 0.639. The van der Waals surface area contributed by atoms with E-state index in [1.807, 2.05) is 30.3 Å². The smallest absolute Gasteiger partial charge is 0.254 e. The molecule has 1 amide bonds. The molecule has 8 heteroatoms. The number of para-hydroxylation sites is 1. The van der Waals surface area contributed by atoms with Crippen molar-refractivity contribution in [1.29, 1.82) is 0 Å². The maximum absolute atomic E-state index is 13.1. The van der Waals surface area contributed by atoms with Gasteiger partial charge in [-0.25, -0.2) is 4.98 Å². The summed E-state index contributed by atoms with van der Waals surface area (Å²) in [6, 6.07) is 16.5. The lowest BCUT2D eigenvalue weighted by Crippen LogP contribution is -2.39. The third-order valence-electron chi connectivity index (χ3n) is 5.64. The molecule has 0 bridgehead atoms. The van der Waals surface area contributed by atoms with Gasteiger partial charge in [0.25, 0.3) is 5.91 Å². The number of carbonyl (C=O) groups excluding carboxylic acids is 1. The van der Waals surface area contributed by atoms with Crippen LogP contribution in [0.15, 0.2) is 54.6 Å². The molecule has 32 heavy (non-hydrogen) atoms. The van der Waals surface area contributed by atoms with Crippen molar-refractivity contribution in [2.75, 3.05) is 37.7 Å². The van der Waals surface area contributed by atoms with Crippen LogP contribution < -0.4 is 9.64 Å². The standard InChI is InChI=1S/C24H23ClN4O3/c25-18-8-6-17(7-9-18)23(30)29-11-10-21-20(16-29)22(32-19-4-2-1-3-5-19)27-24(26-21)28-12-14-31-15-13-28/h1-9H,10-16H2. The number of hydrogen-bond donors (Lipinski definition) is 0. The van der Waals surface area contributed by atoms with Crippen LogP contribution in [-0.2, 0) is 17.7 Å². The molecule has 1 aromatic heterocycles. The summed E-state index contributed by atoms with van der Waals surface area (Å²) in [7, 11) is 0. The minimum absolute atomic E-state index is 0.0461. The van der Waals surface area contributed by atoms with E-state index < -0.39 is 0 Å². The lowest BCUT2D eigenvalue weighted by atomic mass is 10.1. The van der Waals surface area contributed by atoms with Crippen LogP contribution in [0.1, 0.15) is 21.6 Å². The Morgan fingerprint density at radius 1 is 0.969 bits per heavy atom. The molecule has 1 saturated heterocycles.